The van der Waals surface area contributed by atoms with E-state index in [4.69, 9.17) is 11.6 Å². The molecule has 0 bridgehead atoms. The first kappa shape index (κ1) is 13.6. The van der Waals surface area contributed by atoms with E-state index in [2.05, 4.69) is 0 Å². The fourth-order valence-corrected chi connectivity index (χ4v) is 2.00. The first-order valence-corrected chi connectivity index (χ1v) is 6.20. The Morgan fingerprint density at radius 1 is 1.16 bits per heavy atom. The number of hydrogen-bond donors (Lipinski definition) is 2. The molecule has 19 heavy (non-hydrogen) atoms. The van der Waals surface area contributed by atoms with E-state index in [1.807, 2.05) is 6.07 Å². The van der Waals surface area contributed by atoms with Crippen LogP contribution in [-0.2, 0) is 0 Å². The predicted molar refractivity (Wildman–Crippen MR) is 73.5 cm³/mol. The number of aliphatic hydroxyl groups excluding tert-OH is 1. The minimum atomic E-state index is -1.08. The highest BCUT2D eigenvalue weighted by atomic mass is 35.5. The summed E-state index contributed by atoms with van der Waals surface area (Å²) in [5.74, 6) is -0.259. The smallest absolute Gasteiger partial charge is 0.165 e. The molecule has 0 aliphatic heterocycles. The van der Waals surface area contributed by atoms with Crippen LogP contribution in [0, 0.1) is 0 Å². The van der Waals surface area contributed by atoms with Crippen LogP contribution in [0.1, 0.15) is 28.4 Å². The number of rotatable bonds is 4. The molecular weight excluding hydrogens is 264 g/mol. The molecule has 0 aliphatic rings. The van der Waals surface area contributed by atoms with Gasteiger partial charge in [-0.3, -0.25) is 4.79 Å². The van der Waals surface area contributed by atoms with Crippen LogP contribution in [0.4, 0.5) is 0 Å². The molecule has 2 N–H and O–H groups in total. The lowest BCUT2D eigenvalue weighted by Crippen LogP contribution is -2.07. The number of hydrogen-bond acceptors (Lipinski definition) is 3. The molecule has 0 fully saturated rings. The molecule has 0 spiro atoms. The molecule has 0 heterocycles. The lowest BCUT2D eigenvalue weighted by atomic mass is 9.99. The Hall–Kier alpha value is -1.84. The number of Topliss-reactive ketones (excluding diaryl/α,β-unsaturated/α-hetero) is 1. The molecule has 0 unspecified atom stereocenters. The molecule has 0 radical (unpaired) electrons. The molecule has 2 rings (SSSR count). The monoisotopic (exact) mass is 276 g/mol. The van der Waals surface area contributed by atoms with Gasteiger partial charge in [0.05, 0.1) is 6.10 Å². The van der Waals surface area contributed by atoms with Crippen LogP contribution in [0.15, 0.2) is 48.5 Å². The van der Waals surface area contributed by atoms with E-state index in [1.165, 1.54) is 18.2 Å². The number of ketones is 1. The third-order valence-corrected chi connectivity index (χ3v) is 3.06. The molecule has 0 aromatic heterocycles. The molecule has 98 valence electrons. The van der Waals surface area contributed by atoms with E-state index in [9.17, 15) is 15.0 Å². The fourth-order valence-electron chi connectivity index (χ4n) is 1.82. The van der Waals surface area contributed by atoms with Crippen molar-refractivity contribution in [3.63, 3.8) is 0 Å². The van der Waals surface area contributed by atoms with Gasteiger partial charge in [0, 0.05) is 22.6 Å². The van der Waals surface area contributed by atoms with E-state index < -0.39 is 6.10 Å². The standard InChI is InChI=1S/C15H13ClO3/c16-11-6-7-13(17)12(8-11)15(19)9-14(18)10-4-2-1-3-5-10/h1-8,15,17,19H,9H2/t15-/m1/s1. The van der Waals surface area contributed by atoms with E-state index in [0.717, 1.165) is 0 Å². The quantitative estimate of drug-likeness (QED) is 0.842. The Balaban J connectivity index is 2.15. The maximum absolute atomic E-state index is 12.0. The summed E-state index contributed by atoms with van der Waals surface area (Å²) in [6.45, 7) is 0. The van der Waals surface area contributed by atoms with Crippen molar-refractivity contribution in [2.45, 2.75) is 12.5 Å². The topological polar surface area (TPSA) is 57.5 Å². The van der Waals surface area contributed by atoms with Crippen LogP contribution in [0.25, 0.3) is 0 Å². The first-order valence-electron chi connectivity index (χ1n) is 5.82. The van der Waals surface area contributed by atoms with Gasteiger partial charge in [0.25, 0.3) is 0 Å². The van der Waals surface area contributed by atoms with Crippen molar-refractivity contribution >= 4 is 17.4 Å². The van der Waals surface area contributed by atoms with Gasteiger partial charge >= 0.3 is 0 Å². The first-order chi connectivity index (χ1) is 9.08. The summed E-state index contributed by atoms with van der Waals surface area (Å²) >= 11 is 5.81. The zero-order valence-electron chi connectivity index (χ0n) is 10.1. The van der Waals surface area contributed by atoms with Crippen molar-refractivity contribution in [2.24, 2.45) is 0 Å². The van der Waals surface area contributed by atoms with Gasteiger partial charge in [0.1, 0.15) is 5.75 Å². The third kappa shape index (κ3) is 3.34. The zero-order chi connectivity index (χ0) is 13.8. The number of carbonyl (C=O) groups excluding carboxylic acids is 1. The van der Waals surface area contributed by atoms with E-state index in [1.54, 1.807) is 24.3 Å². The van der Waals surface area contributed by atoms with Gasteiger partial charge in [-0.2, -0.15) is 0 Å². The van der Waals surface area contributed by atoms with Crippen LogP contribution in [0.5, 0.6) is 5.75 Å². The van der Waals surface area contributed by atoms with Crippen molar-refractivity contribution in [1.29, 1.82) is 0 Å². The van der Waals surface area contributed by atoms with Crippen molar-refractivity contribution < 1.29 is 15.0 Å². The SMILES string of the molecule is O=C(C[C@@H](O)c1cc(Cl)ccc1O)c1ccccc1. The molecule has 0 saturated heterocycles. The van der Waals surface area contributed by atoms with Crippen LogP contribution >= 0.6 is 11.6 Å². The lowest BCUT2D eigenvalue weighted by molar-refractivity contribution is 0.0877. The van der Waals surface area contributed by atoms with Crippen molar-refractivity contribution in [1.82, 2.24) is 0 Å². The predicted octanol–water partition coefficient (Wildman–Crippen LogP) is 3.35. The summed E-state index contributed by atoms with van der Waals surface area (Å²) in [7, 11) is 0. The number of phenolic OH excluding ortho intramolecular Hbond substituents is 1. The van der Waals surface area contributed by atoms with E-state index >= 15 is 0 Å². The molecule has 0 amide bonds. The number of halogens is 1. The highest BCUT2D eigenvalue weighted by Gasteiger charge is 2.17. The normalized spacial score (nSPS) is 12.1. The molecule has 1 atom stereocenters. The number of phenols is 1. The summed E-state index contributed by atoms with van der Waals surface area (Å²) in [5, 5.41) is 20.1. The van der Waals surface area contributed by atoms with Crippen LogP contribution in [0.2, 0.25) is 5.02 Å². The maximum atomic E-state index is 12.0. The van der Waals surface area contributed by atoms with Crippen LogP contribution < -0.4 is 0 Å². The van der Waals surface area contributed by atoms with Crippen LogP contribution in [0.3, 0.4) is 0 Å². The average Bonchev–Trinajstić information content (AvgIpc) is 2.42. The van der Waals surface area contributed by atoms with E-state index in [0.29, 0.717) is 10.6 Å². The third-order valence-electron chi connectivity index (χ3n) is 2.82. The molecule has 3 nitrogen and oxygen atoms in total. The molecule has 4 heteroatoms. The number of aromatic hydroxyl groups is 1. The zero-order valence-corrected chi connectivity index (χ0v) is 10.8. The lowest BCUT2D eigenvalue weighted by Gasteiger charge is -2.12. The molecule has 2 aromatic carbocycles. The average molecular weight is 277 g/mol. The minimum Gasteiger partial charge on any atom is -0.508 e. The van der Waals surface area contributed by atoms with Gasteiger partial charge < -0.3 is 10.2 Å². The van der Waals surface area contributed by atoms with Crippen LogP contribution in [-0.4, -0.2) is 16.0 Å². The summed E-state index contributed by atoms with van der Waals surface area (Å²) in [6.07, 6.45) is -1.18. The summed E-state index contributed by atoms with van der Waals surface area (Å²) in [5.41, 5.74) is 0.792. The second-order valence-corrected chi connectivity index (χ2v) is 4.65. The van der Waals surface area contributed by atoms with Crippen molar-refractivity contribution in [3.8, 4) is 5.75 Å². The minimum absolute atomic E-state index is 0.0715. The molecular formula is C15H13ClO3. The van der Waals surface area contributed by atoms with Gasteiger partial charge in [-0.15, -0.1) is 0 Å². The van der Waals surface area contributed by atoms with Gasteiger partial charge in [-0.25, -0.2) is 0 Å². The van der Waals surface area contributed by atoms with Gasteiger partial charge in [0.2, 0.25) is 0 Å². The molecule has 0 saturated carbocycles. The Morgan fingerprint density at radius 3 is 2.53 bits per heavy atom. The highest BCUT2D eigenvalue weighted by Crippen LogP contribution is 2.29. The number of aliphatic hydroxyl groups is 1. The Morgan fingerprint density at radius 2 is 1.84 bits per heavy atom. The van der Waals surface area contributed by atoms with Gasteiger partial charge in [-0.05, 0) is 18.2 Å². The molecule has 0 aliphatic carbocycles. The number of benzene rings is 2. The summed E-state index contributed by atoms with van der Waals surface area (Å²) in [4.78, 5) is 12.0. The highest BCUT2D eigenvalue weighted by molar-refractivity contribution is 6.30. The Bertz CT molecular complexity index is 581. The summed E-state index contributed by atoms with van der Waals surface area (Å²) in [6, 6.07) is 13.1. The second kappa shape index (κ2) is 5.87. The van der Waals surface area contributed by atoms with Gasteiger partial charge in [0.15, 0.2) is 5.78 Å². The van der Waals surface area contributed by atoms with Gasteiger partial charge in [-0.1, -0.05) is 41.9 Å². The number of carbonyl (C=O) groups is 1. The fraction of sp³-hybridized carbons (Fsp3) is 0.133. The Kier molecular flexibility index (Phi) is 4.20. The summed E-state index contributed by atoms with van der Waals surface area (Å²) < 4.78 is 0. The van der Waals surface area contributed by atoms with Crippen molar-refractivity contribution in [2.75, 3.05) is 0 Å². The second-order valence-electron chi connectivity index (χ2n) is 4.21. The molecule has 2 aromatic rings. The largest absolute Gasteiger partial charge is 0.508 e. The van der Waals surface area contributed by atoms with E-state index in [-0.39, 0.29) is 23.5 Å². The Labute approximate surface area is 116 Å². The van der Waals surface area contributed by atoms with Crippen molar-refractivity contribution in [3.05, 3.63) is 64.7 Å². The maximum Gasteiger partial charge on any atom is 0.165 e.